The van der Waals surface area contributed by atoms with Crippen molar-refractivity contribution in [3.63, 3.8) is 0 Å². The summed E-state index contributed by atoms with van der Waals surface area (Å²) >= 11 is 6.68. The van der Waals surface area contributed by atoms with Gasteiger partial charge >= 0.3 is 0 Å². The summed E-state index contributed by atoms with van der Waals surface area (Å²) < 4.78 is 29.8. The van der Waals surface area contributed by atoms with Crippen molar-refractivity contribution in [2.24, 2.45) is 0 Å². The second-order valence-electron chi connectivity index (χ2n) is 4.53. The lowest BCUT2D eigenvalue weighted by atomic mass is 10.1. The summed E-state index contributed by atoms with van der Waals surface area (Å²) in [6.45, 7) is 1.90. The Morgan fingerprint density at radius 3 is 2.05 bits per heavy atom. The number of aryl methyl sites for hydroxylation is 1. The molecule has 0 spiro atoms. The molecular formula is C15H14Br2O3S. The van der Waals surface area contributed by atoms with Crippen LogP contribution in [0.25, 0.3) is 0 Å². The summed E-state index contributed by atoms with van der Waals surface area (Å²) in [6, 6.07) is 15.8. The first-order valence-corrected chi connectivity index (χ1v) is 9.47. The van der Waals surface area contributed by atoms with E-state index in [0.29, 0.717) is 0 Å². The van der Waals surface area contributed by atoms with Gasteiger partial charge in [0, 0.05) is 0 Å². The van der Waals surface area contributed by atoms with Gasteiger partial charge < -0.3 is 0 Å². The third-order valence-electron chi connectivity index (χ3n) is 2.90. The van der Waals surface area contributed by atoms with Gasteiger partial charge in [0.15, 0.2) is 0 Å². The summed E-state index contributed by atoms with van der Waals surface area (Å²) in [5.74, 6) is 0. The zero-order chi connectivity index (χ0) is 15.5. The molecular weight excluding hydrogens is 420 g/mol. The first-order valence-electron chi connectivity index (χ1n) is 6.23. The summed E-state index contributed by atoms with van der Waals surface area (Å²) in [4.78, 5) is 0.148. The van der Waals surface area contributed by atoms with E-state index in [1.807, 2.05) is 37.3 Å². The molecule has 112 valence electrons. The molecule has 0 radical (unpaired) electrons. The largest absolute Gasteiger partial charge is 0.297 e. The number of hydrogen-bond acceptors (Lipinski definition) is 3. The minimum Gasteiger partial charge on any atom is -0.256 e. The van der Waals surface area contributed by atoms with Crippen LogP contribution < -0.4 is 0 Å². The molecule has 0 saturated carbocycles. The van der Waals surface area contributed by atoms with E-state index in [2.05, 4.69) is 31.9 Å². The zero-order valence-electron chi connectivity index (χ0n) is 11.2. The molecule has 2 aromatic carbocycles. The first kappa shape index (κ1) is 16.7. The summed E-state index contributed by atoms with van der Waals surface area (Å²) in [5, 5.41) is 0. The fraction of sp³-hybridized carbons (Fsp3) is 0.200. The van der Waals surface area contributed by atoms with E-state index in [0.717, 1.165) is 11.1 Å². The van der Waals surface area contributed by atoms with Crippen LogP contribution in [0.2, 0.25) is 0 Å². The number of benzene rings is 2. The maximum atomic E-state index is 12.4. The lowest BCUT2D eigenvalue weighted by Crippen LogP contribution is -2.17. The fourth-order valence-corrected chi connectivity index (χ4v) is 3.97. The molecule has 6 heteroatoms. The maximum Gasteiger partial charge on any atom is 0.297 e. The highest BCUT2D eigenvalue weighted by molar-refractivity contribution is 9.24. The topological polar surface area (TPSA) is 43.4 Å². The third kappa shape index (κ3) is 4.39. The molecule has 3 nitrogen and oxygen atoms in total. The second-order valence-corrected chi connectivity index (χ2v) is 9.30. The Bertz CT molecular complexity index is 683. The standard InChI is InChI=1S/C15H14Br2O3S/c1-11-7-9-13(10-8-11)21(18,19)20-14(15(16)17)12-5-3-2-4-6-12/h2-10,14-15H,1H3. The Kier molecular flexibility index (Phi) is 5.60. The Morgan fingerprint density at radius 2 is 1.52 bits per heavy atom. The third-order valence-corrected chi connectivity index (χ3v) is 5.17. The average molecular weight is 434 g/mol. The van der Waals surface area contributed by atoms with Gasteiger partial charge in [0.2, 0.25) is 0 Å². The van der Waals surface area contributed by atoms with Crippen LogP contribution in [0.4, 0.5) is 0 Å². The average Bonchev–Trinajstić information content (AvgIpc) is 2.46. The minimum atomic E-state index is -3.83. The molecule has 2 aromatic rings. The minimum absolute atomic E-state index is 0.148. The second kappa shape index (κ2) is 7.05. The molecule has 2 rings (SSSR count). The van der Waals surface area contributed by atoms with E-state index in [-0.39, 0.29) is 8.63 Å². The van der Waals surface area contributed by atoms with Crippen molar-refractivity contribution in [2.75, 3.05) is 0 Å². The number of hydrogen-bond donors (Lipinski definition) is 0. The van der Waals surface area contributed by atoms with E-state index >= 15 is 0 Å². The van der Waals surface area contributed by atoms with Crippen LogP contribution in [-0.4, -0.2) is 12.2 Å². The predicted molar refractivity (Wildman–Crippen MR) is 90.3 cm³/mol. The molecule has 1 unspecified atom stereocenters. The molecule has 0 aliphatic heterocycles. The smallest absolute Gasteiger partial charge is 0.256 e. The van der Waals surface area contributed by atoms with E-state index in [9.17, 15) is 8.42 Å². The normalized spacial score (nSPS) is 13.3. The molecule has 0 amide bonds. The van der Waals surface area contributed by atoms with Crippen molar-refractivity contribution >= 4 is 42.0 Å². The van der Waals surface area contributed by atoms with Crippen molar-refractivity contribution < 1.29 is 12.6 Å². The molecule has 1 atom stereocenters. The molecule has 0 aliphatic carbocycles. The van der Waals surface area contributed by atoms with Crippen LogP contribution in [0, 0.1) is 6.92 Å². The van der Waals surface area contributed by atoms with E-state index in [4.69, 9.17) is 4.18 Å². The van der Waals surface area contributed by atoms with Gasteiger partial charge in [-0.3, -0.25) is 4.18 Å². The van der Waals surface area contributed by atoms with Gasteiger partial charge in [0.1, 0.15) is 9.84 Å². The molecule has 0 aliphatic rings. The monoisotopic (exact) mass is 432 g/mol. The van der Waals surface area contributed by atoms with E-state index in [1.54, 1.807) is 24.3 Å². The van der Waals surface area contributed by atoms with Gasteiger partial charge in [-0.1, -0.05) is 79.9 Å². The molecule has 0 saturated heterocycles. The van der Waals surface area contributed by atoms with Crippen LogP contribution >= 0.6 is 31.9 Å². The Morgan fingerprint density at radius 1 is 0.952 bits per heavy atom. The van der Waals surface area contributed by atoms with Crippen LogP contribution in [0.3, 0.4) is 0 Å². The molecule has 21 heavy (non-hydrogen) atoms. The molecule has 0 fully saturated rings. The summed E-state index contributed by atoms with van der Waals surface area (Å²) in [6.07, 6.45) is -0.655. The van der Waals surface area contributed by atoms with Crippen molar-refractivity contribution in [2.45, 2.75) is 21.7 Å². The van der Waals surface area contributed by atoms with E-state index in [1.165, 1.54) is 0 Å². The van der Waals surface area contributed by atoms with Gasteiger partial charge in [-0.05, 0) is 24.6 Å². The molecule has 0 heterocycles. The van der Waals surface area contributed by atoms with Gasteiger partial charge in [0.05, 0.1) is 4.90 Å². The highest BCUT2D eigenvalue weighted by Crippen LogP contribution is 2.33. The van der Waals surface area contributed by atoms with Gasteiger partial charge in [-0.25, -0.2) is 0 Å². The highest BCUT2D eigenvalue weighted by atomic mass is 79.9. The van der Waals surface area contributed by atoms with Gasteiger partial charge in [-0.2, -0.15) is 8.42 Å². The molecule has 0 bridgehead atoms. The maximum absolute atomic E-state index is 12.4. The lowest BCUT2D eigenvalue weighted by Gasteiger charge is -2.19. The SMILES string of the molecule is Cc1ccc(S(=O)(=O)OC(c2ccccc2)C(Br)Br)cc1. The highest BCUT2D eigenvalue weighted by Gasteiger charge is 2.27. The quantitative estimate of drug-likeness (QED) is 0.512. The van der Waals surface area contributed by atoms with Crippen LogP contribution in [-0.2, 0) is 14.3 Å². The number of alkyl halides is 2. The Labute approximate surface area is 141 Å². The molecule has 0 aromatic heterocycles. The Hall–Kier alpha value is -0.690. The lowest BCUT2D eigenvalue weighted by molar-refractivity contribution is 0.234. The summed E-state index contributed by atoms with van der Waals surface area (Å²) in [7, 11) is -3.83. The van der Waals surface area contributed by atoms with Crippen molar-refractivity contribution in [3.05, 3.63) is 65.7 Å². The summed E-state index contributed by atoms with van der Waals surface area (Å²) in [5.41, 5.74) is 1.76. The van der Waals surface area contributed by atoms with Gasteiger partial charge in [0.25, 0.3) is 10.1 Å². The Balaban J connectivity index is 2.30. The van der Waals surface area contributed by atoms with Gasteiger partial charge in [-0.15, -0.1) is 0 Å². The van der Waals surface area contributed by atoms with Crippen LogP contribution in [0.5, 0.6) is 0 Å². The van der Waals surface area contributed by atoms with Crippen molar-refractivity contribution in [3.8, 4) is 0 Å². The van der Waals surface area contributed by atoms with E-state index < -0.39 is 16.2 Å². The van der Waals surface area contributed by atoms with Crippen molar-refractivity contribution in [1.29, 1.82) is 0 Å². The number of rotatable bonds is 5. The first-order chi connectivity index (χ1) is 9.90. The predicted octanol–water partition coefficient (Wildman–Crippen LogP) is 4.56. The van der Waals surface area contributed by atoms with Crippen LogP contribution in [0.1, 0.15) is 17.2 Å². The van der Waals surface area contributed by atoms with Crippen molar-refractivity contribution in [1.82, 2.24) is 0 Å². The number of halogens is 2. The molecule has 0 N–H and O–H groups in total. The fourth-order valence-electron chi connectivity index (χ4n) is 1.78. The zero-order valence-corrected chi connectivity index (χ0v) is 15.2. The van der Waals surface area contributed by atoms with Crippen LogP contribution in [0.15, 0.2) is 59.5 Å².